The lowest BCUT2D eigenvalue weighted by Crippen LogP contribution is -2.23. The molecule has 0 radical (unpaired) electrons. The topological polar surface area (TPSA) is 68.2 Å². The van der Waals surface area contributed by atoms with Gasteiger partial charge in [-0.2, -0.15) is 0 Å². The Hall–Kier alpha value is -0.200. The fourth-order valence-corrected chi connectivity index (χ4v) is 0.976. The normalized spacial score (nSPS) is 15.0. The lowest BCUT2D eigenvalue weighted by Gasteiger charge is -2.12. The van der Waals surface area contributed by atoms with Gasteiger partial charge in [-0.05, 0) is 13.3 Å². The summed E-state index contributed by atoms with van der Waals surface area (Å²) in [6.45, 7) is 6.09. The van der Waals surface area contributed by atoms with Gasteiger partial charge < -0.3 is 24.4 Å². The van der Waals surface area contributed by atoms with E-state index >= 15 is 0 Å². The van der Waals surface area contributed by atoms with Gasteiger partial charge in [-0.3, -0.25) is 0 Å². The Morgan fingerprint density at radius 3 is 1.81 bits per heavy atom. The third kappa shape index (κ3) is 10.3. The number of hydrogen-bond acceptors (Lipinski definition) is 5. The fraction of sp³-hybridized carbons (Fsp3) is 1.00. The molecule has 0 aromatic heterocycles. The number of hydrogen-bond donors (Lipinski definition) is 2. The van der Waals surface area contributed by atoms with Crippen molar-refractivity contribution in [1.82, 2.24) is 0 Å². The van der Waals surface area contributed by atoms with Crippen LogP contribution >= 0.6 is 0 Å². The molecule has 0 fully saturated rings. The molecule has 2 atom stereocenters. The van der Waals surface area contributed by atoms with Crippen molar-refractivity contribution in [2.24, 2.45) is 0 Å². The first-order valence-electron chi connectivity index (χ1n) is 5.80. The SMILES string of the molecule is CCOCC(O)COCCOCC(O)CC. The first-order valence-corrected chi connectivity index (χ1v) is 5.80. The fourth-order valence-electron chi connectivity index (χ4n) is 0.976. The molecule has 5 nitrogen and oxygen atoms in total. The second-order valence-electron chi connectivity index (χ2n) is 3.53. The molecule has 0 aromatic carbocycles. The predicted octanol–water partition coefficient (Wildman–Crippen LogP) is 0.188. The van der Waals surface area contributed by atoms with Crippen molar-refractivity contribution in [1.29, 1.82) is 0 Å². The molecule has 0 aromatic rings. The van der Waals surface area contributed by atoms with E-state index in [1.54, 1.807) is 0 Å². The monoisotopic (exact) mass is 236 g/mol. The maximum absolute atomic E-state index is 9.33. The summed E-state index contributed by atoms with van der Waals surface area (Å²) in [6, 6.07) is 0. The molecule has 0 spiro atoms. The van der Waals surface area contributed by atoms with E-state index in [0.29, 0.717) is 39.5 Å². The van der Waals surface area contributed by atoms with Gasteiger partial charge in [0.25, 0.3) is 0 Å². The van der Waals surface area contributed by atoms with Gasteiger partial charge in [0, 0.05) is 6.61 Å². The van der Waals surface area contributed by atoms with Crippen molar-refractivity contribution in [3.05, 3.63) is 0 Å². The quantitative estimate of drug-likeness (QED) is 0.501. The second-order valence-corrected chi connectivity index (χ2v) is 3.53. The average molecular weight is 236 g/mol. The molecule has 0 heterocycles. The van der Waals surface area contributed by atoms with E-state index in [1.807, 2.05) is 13.8 Å². The molecule has 0 saturated heterocycles. The highest BCUT2D eigenvalue weighted by molar-refractivity contribution is 4.51. The van der Waals surface area contributed by atoms with Crippen LogP contribution < -0.4 is 0 Å². The highest BCUT2D eigenvalue weighted by Gasteiger charge is 2.04. The van der Waals surface area contributed by atoms with Gasteiger partial charge in [0.15, 0.2) is 0 Å². The first kappa shape index (κ1) is 15.8. The number of ether oxygens (including phenoxy) is 3. The van der Waals surface area contributed by atoms with Crippen molar-refractivity contribution in [2.75, 3.05) is 39.6 Å². The van der Waals surface area contributed by atoms with Crippen LogP contribution in [0.15, 0.2) is 0 Å². The Balaban J connectivity index is 3.14. The minimum atomic E-state index is -0.582. The van der Waals surface area contributed by atoms with Crippen molar-refractivity contribution in [3.8, 4) is 0 Å². The summed E-state index contributed by atoms with van der Waals surface area (Å²) in [4.78, 5) is 0. The Kier molecular flexibility index (Phi) is 11.1. The van der Waals surface area contributed by atoms with Crippen LogP contribution in [0.2, 0.25) is 0 Å². The van der Waals surface area contributed by atoms with Crippen LogP contribution in [0.25, 0.3) is 0 Å². The van der Waals surface area contributed by atoms with E-state index in [0.717, 1.165) is 0 Å². The molecule has 98 valence electrons. The zero-order valence-corrected chi connectivity index (χ0v) is 10.2. The zero-order chi connectivity index (χ0) is 12.2. The maximum Gasteiger partial charge on any atom is 0.101 e. The zero-order valence-electron chi connectivity index (χ0n) is 10.2. The van der Waals surface area contributed by atoms with Crippen molar-refractivity contribution < 1.29 is 24.4 Å². The van der Waals surface area contributed by atoms with Crippen LogP contribution in [0.3, 0.4) is 0 Å². The van der Waals surface area contributed by atoms with E-state index < -0.39 is 12.2 Å². The summed E-state index contributed by atoms with van der Waals surface area (Å²) in [7, 11) is 0. The molecule has 2 unspecified atom stereocenters. The molecule has 2 N–H and O–H groups in total. The van der Waals surface area contributed by atoms with Crippen molar-refractivity contribution in [2.45, 2.75) is 32.5 Å². The summed E-state index contributed by atoms with van der Waals surface area (Å²) in [6.07, 6.45) is -0.293. The number of rotatable bonds is 11. The van der Waals surface area contributed by atoms with Crippen LogP contribution in [-0.4, -0.2) is 62.1 Å². The average Bonchev–Trinajstić information content (AvgIpc) is 2.30. The van der Waals surface area contributed by atoms with E-state index in [2.05, 4.69) is 0 Å². The summed E-state index contributed by atoms with van der Waals surface area (Å²) in [5.41, 5.74) is 0. The van der Waals surface area contributed by atoms with E-state index in [1.165, 1.54) is 0 Å². The Morgan fingerprint density at radius 2 is 1.31 bits per heavy atom. The van der Waals surface area contributed by atoms with Crippen LogP contribution in [0.5, 0.6) is 0 Å². The number of aliphatic hydroxyl groups excluding tert-OH is 2. The van der Waals surface area contributed by atoms with Crippen molar-refractivity contribution >= 4 is 0 Å². The molecular formula is C11H24O5. The smallest absolute Gasteiger partial charge is 0.101 e. The molecule has 0 rings (SSSR count). The van der Waals surface area contributed by atoms with Crippen molar-refractivity contribution in [3.63, 3.8) is 0 Å². The van der Waals surface area contributed by atoms with E-state index in [-0.39, 0.29) is 6.61 Å². The summed E-state index contributed by atoms with van der Waals surface area (Å²) < 4.78 is 15.4. The molecule has 0 bridgehead atoms. The molecular weight excluding hydrogens is 212 g/mol. The van der Waals surface area contributed by atoms with Gasteiger partial charge in [0.1, 0.15) is 6.10 Å². The molecule has 0 aliphatic rings. The molecule has 5 heteroatoms. The first-order chi connectivity index (χ1) is 7.70. The summed E-state index contributed by atoms with van der Waals surface area (Å²) >= 11 is 0. The van der Waals surface area contributed by atoms with Crippen LogP contribution in [0, 0.1) is 0 Å². The van der Waals surface area contributed by atoms with Gasteiger partial charge in [-0.1, -0.05) is 6.92 Å². The predicted molar refractivity (Wildman–Crippen MR) is 60.4 cm³/mol. The largest absolute Gasteiger partial charge is 0.391 e. The lowest BCUT2D eigenvalue weighted by molar-refractivity contribution is -0.0385. The van der Waals surface area contributed by atoms with Crippen LogP contribution in [0.4, 0.5) is 0 Å². The third-order valence-corrected chi connectivity index (χ3v) is 1.98. The Bertz CT molecular complexity index is 142. The lowest BCUT2D eigenvalue weighted by atomic mass is 10.3. The minimum Gasteiger partial charge on any atom is -0.391 e. The van der Waals surface area contributed by atoms with Gasteiger partial charge in [-0.15, -0.1) is 0 Å². The van der Waals surface area contributed by atoms with Gasteiger partial charge >= 0.3 is 0 Å². The Labute approximate surface area is 97.3 Å². The molecule has 0 saturated carbocycles. The molecule has 0 amide bonds. The second kappa shape index (κ2) is 11.3. The van der Waals surface area contributed by atoms with Crippen LogP contribution in [0.1, 0.15) is 20.3 Å². The molecule has 0 aliphatic carbocycles. The molecule has 16 heavy (non-hydrogen) atoms. The maximum atomic E-state index is 9.33. The van der Waals surface area contributed by atoms with Gasteiger partial charge in [-0.25, -0.2) is 0 Å². The van der Waals surface area contributed by atoms with E-state index in [9.17, 15) is 10.2 Å². The third-order valence-electron chi connectivity index (χ3n) is 1.98. The number of aliphatic hydroxyl groups is 2. The van der Waals surface area contributed by atoms with Crippen LogP contribution in [-0.2, 0) is 14.2 Å². The Morgan fingerprint density at radius 1 is 0.812 bits per heavy atom. The minimum absolute atomic E-state index is 0.250. The molecule has 0 aliphatic heterocycles. The standard InChI is InChI=1S/C11H24O5/c1-3-10(12)7-15-5-6-16-9-11(13)8-14-4-2/h10-13H,3-9H2,1-2H3. The highest BCUT2D eigenvalue weighted by atomic mass is 16.5. The van der Waals surface area contributed by atoms with Gasteiger partial charge in [0.05, 0.1) is 39.1 Å². The van der Waals surface area contributed by atoms with Gasteiger partial charge in [0.2, 0.25) is 0 Å². The summed E-state index contributed by atoms with van der Waals surface area (Å²) in [5, 5.41) is 18.5. The van der Waals surface area contributed by atoms with E-state index in [4.69, 9.17) is 14.2 Å². The highest BCUT2D eigenvalue weighted by Crippen LogP contribution is 1.92. The summed E-state index contributed by atoms with van der Waals surface area (Å²) in [5.74, 6) is 0.